The van der Waals surface area contributed by atoms with Gasteiger partial charge in [0.2, 0.25) is 0 Å². The summed E-state index contributed by atoms with van der Waals surface area (Å²) in [6.45, 7) is 1.67. The van der Waals surface area contributed by atoms with E-state index < -0.39 is 17.8 Å². The van der Waals surface area contributed by atoms with Crippen LogP contribution in [-0.4, -0.2) is 5.11 Å². The van der Waals surface area contributed by atoms with Crippen LogP contribution in [0.2, 0.25) is 5.02 Å². The van der Waals surface area contributed by atoms with Gasteiger partial charge in [-0.3, -0.25) is 0 Å². The first-order valence-corrected chi connectivity index (χ1v) is 4.78. The molecule has 0 saturated heterocycles. The molecule has 0 aliphatic rings. The van der Waals surface area contributed by atoms with E-state index in [0.717, 1.165) is 18.2 Å². The number of aliphatic hydroxyl groups is 1. The van der Waals surface area contributed by atoms with Crippen LogP contribution in [0.1, 0.15) is 30.6 Å². The summed E-state index contributed by atoms with van der Waals surface area (Å²) < 4.78 is 37.0. The molecule has 1 unspecified atom stereocenters. The van der Waals surface area contributed by atoms with Crippen LogP contribution in [0.15, 0.2) is 18.2 Å². The highest BCUT2D eigenvalue weighted by atomic mass is 35.5. The van der Waals surface area contributed by atoms with Gasteiger partial charge in [0.15, 0.2) is 0 Å². The molecule has 1 N–H and O–H groups in total. The van der Waals surface area contributed by atoms with E-state index in [0.29, 0.717) is 6.42 Å². The largest absolute Gasteiger partial charge is 0.416 e. The second-order valence-electron chi connectivity index (χ2n) is 3.16. The Morgan fingerprint density at radius 1 is 1.40 bits per heavy atom. The fraction of sp³-hybridized carbons (Fsp3) is 0.400. The van der Waals surface area contributed by atoms with E-state index in [9.17, 15) is 18.3 Å². The molecule has 5 heteroatoms. The molecule has 0 radical (unpaired) electrons. The van der Waals surface area contributed by atoms with Gasteiger partial charge in [0.1, 0.15) is 0 Å². The maximum atomic E-state index is 12.3. The zero-order valence-electron chi connectivity index (χ0n) is 7.98. The third-order valence-corrected chi connectivity index (χ3v) is 2.41. The van der Waals surface area contributed by atoms with Crippen LogP contribution in [0.5, 0.6) is 0 Å². The summed E-state index contributed by atoms with van der Waals surface area (Å²) in [6.07, 6.45) is -5.05. The Kier molecular flexibility index (Phi) is 3.62. The summed E-state index contributed by atoms with van der Waals surface area (Å²) in [7, 11) is 0. The van der Waals surface area contributed by atoms with Gasteiger partial charge in [0.25, 0.3) is 0 Å². The Bertz CT molecular complexity index is 349. The molecule has 0 saturated carbocycles. The third-order valence-electron chi connectivity index (χ3n) is 2.07. The minimum Gasteiger partial charge on any atom is -0.388 e. The summed E-state index contributed by atoms with van der Waals surface area (Å²) in [5.74, 6) is 0. The number of rotatable bonds is 2. The molecule has 0 heterocycles. The van der Waals surface area contributed by atoms with Crippen LogP contribution in [0.4, 0.5) is 13.2 Å². The van der Waals surface area contributed by atoms with Crippen molar-refractivity contribution in [1.29, 1.82) is 0 Å². The van der Waals surface area contributed by atoms with Crippen molar-refractivity contribution in [2.75, 3.05) is 0 Å². The predicted molar refractivity (Wildman–Crippen MR) is 51.7 cm³/mol. The highest BCUT2D eigenvalue weighted by Gasteiger charge is 2.31. The van der Waals surface area contributed by atoms with Crippen molar-refractivity contribution in [2.45, 2.75) is 25.6 Å². The van der Waals surface area contributed by atoms with Crippen molar-refractivity contribution in [3.05, 3.63) is 34.3 Å². The van der Waals surface area contributed by atoms with Crippen molar-refractivity contribution in [3.63, 3.8) is 0 Å². The van der Waals surface area contributed by atoms with Gasteiger partial charge < -0.3 is 5.11 Å². The summed E-state index contributed by atoms with van der Waals surface area (Å²) in [4.78, 5) is 0. The number of hydrogen-bond acceptors (Lipinski definition) is 1. The fourth-order valence-corrected chi connectivity index (χ4v) is 1.44. The van der Waals surface area contributed by atoms with Crippen LogP contribution < -0.4 is 0 Å². The normalized spacial score (nSPS) is 14.0. The molecule has 0 aromatic heterocycles. The van der Waals surface area contributed by atoms with Gasteiger partial charge in [-0.2, -0.15) is 13.2 Å². The Morgan fingerprint density at radius 2 is 2.00 bits per heavy atom. The summed E-state index contributed by atoms with van der Waals surface area (Å²) in [6, 6.07) is 2.93. The number of halogens is 4. The lowest BCUT2D eigenvalue weighted by Gasteiger charge is -2.13. The molecule has 1 rings (SSSR count). The fourth-order valence-electron chi connectivity index (χ4n) is 1.20. The molecule has 1 atom stereocenters. The highest BCUT2D eigenvalue weighted by molar-refractivity contribution is 6.31. The van der Waals surface area contributed by atoms with Crippen molar-refractivity contribution in [2.24, 2.45) is 0 Å². The summed E-state index contributed by atoms with van der Waals surface area (Å²) >= 11 is 5.69. The average Bonchev–Trinajstić information content (AvgIpc) is 2.15. The SMILES string of the molecule is CCC(O)c1cc(C(F)(F)F)ccc1Cl. The summed E-state index contributed by atoms with van der Waals surface area (Å²) in [5.41, 5.74) is -0.677. The Labute approximate surface area is 90.5 Å². The molecule has 1 nitrogen and oxygen atoms in total. The van der Waals surface area contributed by atoms with E-state index in [1.54, 1.807) is 6.92 Å². The van der Waals surface area contributed by atoms with Gasteiger partial charge in [-0.05, 0) is 30.2 Å². The lowest BCUT2D eigenvalue weighted by atomic mass is 10.0. The topological polar surface area (TPSA) is 20.2 Å². The zero-order valence-corrected chi connectivity index (χ0v) is 8.73. The average molecular weight is 239 g/mol. The minimum atomic E-state index is -4.41. The Balaban J connectivity index is 3.17. The molecule has 1 aromatic rings. The highest BCUT2D eigenvalue weighted by Crippen LogP contribution is 2.34. The standard InChI is InChI=1S/C10H10ClF3O/c1-2-9(15)7-5-6(10(12,13)14)3-4-8(7)11/h3-5,9,15H,2H2,1H3. The van der Waals surface area contributed by atoms with E-state index in [4.69, 9.17) is 11.6 Å². The van der Waals surface area contributed by atoms with E-state index in [1.165, 1.54) is 0 Å². The summed E-state index contributed by atoms with van der Waals surface area (Å²) in [5, 5.41) is 9.60. The quantitative estimate of drug-likeness (QED) is 0.831. The maximum Gasteiger partial charge on any atom is 0.416 e. The van der Waals surface area contributed by atoms with Crippen molar-refractivity contribution < 1.29 is 18.3 Å². The molecule has 0 spiro atoms. The monoisotopic (exact) mass is 238 g/mol. The molecular formula is C10H10ClF3O. The van der Waals surface area contributed by atoms with Crippen LogP contribution >= 0.6 is 11.6 Å². The second kappa shape index (κ2) is 4.41. The molecule has 0 bridgehead atoms. The second-order valence-corrected chi connectivity index (χ2v) is 3.57. The van der Waals surface area contributed by atoms with Gasteiger partial charge >= 0.3 is 6.18 Å². The zero-order chi connectivity index (χ0) is 11.6. The molecule has 0 aliphatic heterocycles. The van der Waals surface area contributed by atoms with Gasteiger partial charge in [-0.15, -0.1) is 0 Å². The first-order valence-electron chi connectivity index (χ1n) is 4.41. The first kappa shape index (κ1) is 12.3. The molecule has 15 heavy (non-hydrogen) atoms. The lowest BCUT2D eigenvalue weighted by Crippen LogP contribution is -2.07. The van der Waals surface area contributed by atoms with Crippen LogP contribution in [0.3, 0.4) is 0 Å². The maximum absolute atomic E-state index is 12.3. The lowest BCUT2D eigenvalue weighted by molar-refractivity contribution is -0.137. The Morgan fingerprint density at radius 3 is 2.47 bits per heavy atom. The number of hydrogen-bond donors (Lipinski definition) is 1. The van der Waals surface area contributed by atoms with E-state index in [2.05, 4.69) is 0 Å². The molecule has 0 amide bonds. The van der Waals surface area contributed by atoms with Gasteiger partial charge in [0.05, 0.1) is 11.7 Å². The molecule has 1 aromatic carbocycles. The smallest absolute Gasteiger partial charge is 0.388 e. The molecular weight excluding hydrogens is 229 g/mol. The van der Waals surface area contributed by atoms with Crippen molar-refractivity contribution >= 4 is 11.6 Å². The van der Waals surface area contributed by atoms with Crippen LogP contribution in [0, 0.1) is 0 Å². The van der Waals surface area contributed by atoms with E-state index >= 15 is 0 Å². The molecule has 0 fully saturated rings. The van der Waals surface area contributed by atoms with Gasteiger partial charge in [-0.25, -0.2) is 0 Å². The van der Waals surface area contributed by atoms with Crippen molar-refractivity contribution in [3.8, 4) is 0 Å². The first-order chi connectivity index (χ1) is 6.86. The minimum absolute atomic E-state index is 0.119. The van der Waals surface area contributed by atoms with E-state index in [-0.39, 0.29) is 10.6 Å². The van der Waals surface area contributed by atoms with Crippen LogP contribution in [0.25, 0.3) is 0 Å². The van der Waals surface area contributed by atoms with Crippen molar-refractivity contribution in [1.82, 2.24) is 0 Å². The number of aliphatic hydroxyl groups excluding tert-OH is 1. The number of alkyl halides is 3. The Hall–Kier alpha value is -0.740. The molecule has 84 valence electrons. The predicted octanol–water partition coefficient (Wildman–Crippen LogP) is 3.80. The van der Waals surface area contributed by atoms with E-state index in [1.807, 2.05) is 0 Å². The third kappa shape index (κ3) is 2.86. The van der Waals surface area contributed by atoms with Crippen LogP contribution in [-0.2, 0) is 6.18 Å². The van der Waals surface area contributed by atoms with Gasteiger partial charge in [-0.1, -0.05) is 18.5 Å². The molecule has 0 aliphatic carbocycles. The van der Waals surface area contributed by atoms with Gasteiger partial charge in [0, 0.05) is 5.02 Å². The number of benzene rings is 1.